The third-order valence-corrected chi connectivity index (χ3v) is 2.04. The largest absolute Gasteiger partial charge is 0.550 e. The Kier molecular flexibility index (Phi) is 5.39. The second-order valence-corrected chi connectivity index (χ2v) is 3.55. The number of rotatable bonds is 6. The number of aliphatic hydroxyl groups excluding tert-OH is 1. The van der Waals surface area contributed by atoms with Crippen molar-refractivity contribution >= 4 is 5.97 Å². The molecule has 0 aliphatic carbocycles. The second kappa shape index (κ2) is 5.75. The number of allylic oxidation sites excluding steroid dienone is 1. The number of carbonyl (C=O) groups is 1. The van der Waals surface area contributed by atoms with Crippen LogP contribution in [0.4, 0.5) is 0 Å². The van der Waals surface area contributed by atoms with Crippen LogP contribution >= 0.6 is 0 Å². The van der Waals surface area contributed by atoms with Gasteiger partial charge in [-0.1, -0.05) is 12.2 Å². The topological polar surface area (TPSA) is 60.4 Å². The van der Waals surface area contributed by atoms with Crippen molar-refractivity contribution in [2.24, 2.45) is 5.92 Å². The van der Waals surface area contributed by atoms with Gasteiger partial charge in [-0.15, -0.1) is 0 Å². The van der Waals surface area contributed by atoms with Crippen LogP contribution in [0.1, 0.15) is 33.1 Å². The van der Waals surface area contributed by atoms with Crippen LogP contribution in [0.2, 0.25) is 0 Å². The first-order chi connectivity index (χ1) is 5.93. The molecule has 0 saturated heterocycles. The fourth-order valence-electron chi connectivity index (χ4n) is 1.17. The van der Waals surface area contributed by atoms with Gasteiger partial charge in [-0.3, -0.25) is 0 Å². The minimum atomic E-state index is -1.06. The summed E-state index contributed by atoms with van der Waals surface area (Å²) in [4.78, 5) is 10.3. The summed E-state index contributed by atoms with van der Waals surface area (Å²) in [5, 5.41) is 19.4. The van der Waals surface area contributed by atoms with E-state index in [4.69, 9.17) is 5.11 Å². The number of carboxylic acids is 1. The Balaban J connectivity index is 3.95. The van der Waals surface area contributed by atoms with Crippen LogP contribution in [0.3, 0.4) is 0 Å². The molecule has 0 fully saturated rings. The van der Waals surface area contributed by atoms with E-state index in [1.54, 1.807) is 13.8 Å². The van der Waals surface area contributed by atoms with E-state index in [0.29, 0.717) is 12.8 Å². The quantitative estimate of drug-likeness (QED) is 0.612. The molecule has 0 rings (SSSR count). The van der Waals surface area contributed by atoms with Crippen LogP contribution in [-0.2, 0) is 4.79 Å². The van der Waals surface area contributed by atoms with Gasteiger partial charge in [0.1, 0.15) is 0 Å². The lowest BCUT2D eigenvalue weighted by molar-refractivity contribution is -0.306. The highest BCUT2D eigenvalue weighted by Crippen LogP contribution is 2.19. The standard InChI is InChI=1S/C10H18O3/c1-7(2)9(6-10(12)13)5-4-8(3)11/h8-9,11H,1,4-6H2,2-3H3,(H,12,13)/p-1. The van der Waals surface area contributed by atoms with Crippen LogP contribution in [0, 0.1) is 5.92 Å². The Morgan fingerprint density at radius 3 is 2.38 bits per heavy atom. The molecule has 0 aromatic rings. The summed E-state index contributed by atoms with van der Waals surface area (Å²) in [6.07, 6.45) is 0.872. The lowest BCUT2D eigenvalue weighted by atomic mass is 9.92. The minimum Gasteiger partial charge on any atom is -0.550 e. The Labute approximate surface area is 79.1 Å². The van der Waals surface area contributed by atoms with Gasteiger partial charge in [0.25, 0.3) is 0 Å². The fraction of sp³-hybridized carbons (Fsp3) is 0.700. The number of aliphatic hydroxyl groups is 1. The number of carbonyl (C=O) groups excluding carboxylic acids is 1. The molecule has 2 atom stereocenters. The molecule has 0 aromatic carbocycles. The Morgan fingerprint density at radius 1 is 1.54 bits per heavy atom. The van der Waals surface area contributed by atoms with E-state index in [1.807, 2.05) is 0 Å². The van der Waals surface area contributed by atoms with Gasteiger partial charge in [0.2, 0.25) is 0 Å². The number of aliphatic carboxylic acids is 1. The third-order valence-electron chi connectivity index (χ3n) is 2.04. The molecule has 0 bridgehead atoms. The van der Waals surface area contributed by atoms with E-state index in [1.165, 1.54) is 0 Å². The summed E-state index contributed by atoms with van der Waals surface area (Å²) in [5.74, 6) is -1.13. The molecule has 0 aliphatic rings. The van der Waals surface area contributed by atoms with E-state index < -0.39 is 5.97 Å². The lowest BCUT2D eigenvalue weighted by Crippen LogP contribution is -2.25. The molecule has 3 heteroatoms. The van der Waals surface area contributed by atoms with E-state index in [9.17, 15) is 9.90 Å². The van der Waals surface area contributed by atoms with Gasteiger partial charge in [0.15, 0.2) is 0 Å². The molecule has 1 N–H and O–H groups in total. The molecule has 0 spiro atoms. The van der Waals surface area contributed by atoms with Crippen molar-refractivity contribution in [3.05, 3.63) is 12.2 Å². The van der Waals surface area contributed by atoms with Crippen molar-refractivity contribution in [2.75, 3.05) is 0 Å². The van der Waals surface area contributed by atoms with Gasteiger partial charge >= 0.3 is 0 Å². The van der Waals surface area contributed by atoms with Crippen molar-refractivity contribution in [3.63, 3.8) is 0 Å². The predicted octanol–water partition coefficient (Wildman–Crippen LogP) is 0.480. The van der Waals surface area contributed by atoms with Gasteiger partial charge in [0.05, 0.1) is 6.10 Å². The maximum Gasteiger partial charge on any atom is 0.0512 e. The molecule has 0 saturated carbocycles. The monoisotopic (exact) mass is 185 g/mol. The Hall–Kier alpha value is -0.830. The number of hydrogen-bond donors (Lipinski definition) is 1. The van der Waals surface area contributed by atoms with E-state index in [2.05, 4.69) is 6.58 Å². The molecule has 0 radical (unpaired) electrons. The van der Waals surface area contributed by atoms with E-state index in [0.717, 1.165) is 5.57 Å². The SMILES string of the molecule is C=C(C)C(CCC(C)O)CC(=O)[O-]. The van der Waals surface area contributed by atoms with Crippen molar-refractivity contribution < 1.29 is 15.0 Å². The second-order valence-electron chi connectivity index (χ2n) is 3.55. The Bertz CT molecular complexity index is 185. The average Bonchev–Trinajstić information content (AvgIpc) is 1.96. The molecular formula is C10H17O3-. The molecular weight excluding hydrogens is 168 g/mol. The summed E-state index contributed by atoms with van der Waals surface area (Å²) in [5.41, 5.74) is 0.838. The zero-order chi connectivity index (χ0) is 10.4. The van der Waals surface area contributed by atoms with Gasteiger partial charge < -0.3 is 15.0 Å². The molecule has 3 nitrogen and oxygen atoms in total. The molecule has 0 aromatic heterocycles. The number of hydrogen-bond acceptors (Lipinski definition) is 3. The van der Waals surface area contributed by atoms with Crippen LogP contribution in [0.5, 0.6) is 0 Å². The van der Waals surface area contributed by atoms with E-state index >= 15 is 0 Å². The molecule has 0 amide bonds. The highest BCUT2D eigenvalue weighted by molar-refractivity contribution is 5.65. The summed E-state index contributed by atoms with van der Waals surface area (Å²) in [6, 6.07) is 0. The van der Waals surface area contributed by atoms with Crippen LogP contribution in [-0.4, -0.2) is 17.2 Å². The summed E-state index contributed by atoms with van der Waals surface area (Å²) < 4.78 is 0. The first kappa shape index (κ1) is 12.2. The smallest absolute Gasteiger partial charge is 0.0512 e. The van der Waals surface area contributed by atoms with E-state index in [-0.39, 0.29) is 18.4 Å². The van der Waals surface area contributed by atoms with Crippen molar-refractivity contribution in [3.8, 4) is 0 Å². The van der Waals surface area contributed by atoms with Gasteiger partial charge in [0, 0.05) is 5.97 Å². The van der Waals surface area contributed by atoms with Crippen molar-refractivity contribution in [1.29, 1.82) is 0 Å². The summed E-state index contributed by atoms with van der Waals surface area (Å²) >= 11 is 0. The first-order valence-electron chi connectivity index (χ1n) is 4.46. The zero-order valence-corrected chi connectivity index (χ0v) is 8.25. The van der Waals surface area contributed by atoms with Crippen molar-refractivity contribution in [2.45, 2.75) is 39.2 Å². The molecule has 2 unspecified atom stereocenters. The van der Waals surface area contributed by atoms with Gasteiger partial charge in [-0.2, -0.15) is 0 Å². The molecule has 0 heterocycles. The first-order valence-corrected chi connectivity index (χ1v) is 4.46. The Morgan fingerprint density at radius 2 is 2.08 bits per heavy atom. The van der Waals surface area contributed by atoms with Crippen LogP contribution in [0.15, 0.2) is 12.2 Å². The molecule has 0 aliphatic heterocycles. The van der Waals surface area contributed by atoms with Crippen molar-refractivity contribution in [1.82, 2.24) is 0 Å². The summed E-state index contributed by atoms with van der Waals surface area (Å²) in [6.45, 7) is 7.20. The minimum absolute atomic E-state index is 0.00204. The lowest BCUT2D eigenvalue weighted by Gasteiger charge is -2.18. The maximum atomic E-state index is 10.3. The van der Waals surface area contributed by atoms with Crippen LogP contribution in [0.25, 0.3) is 0 Å². The van der Waals surface area contributed by atoms with Gasteiger partial charge in [-0.25, -0.2) is 0 Å². The normalized spacial score (nSPS) is 15.0. The maximum absolute atomic E-state index is 10.3. The van der Waals surface area contributed by atoms with Gasteiger partial charge in [-0.05, 0) is 39.0 Å². The average molecular weight is 185 g/mol. The fourth-order valence-corrected chi connectivity index (χ4v) is 1.17. The molecule has 76 valence electrons. The summed E-state index contributed by atoms with van der Waals surface area (Å²) in [7, 11) is 0. The highest BCUT2D eigenvalue weighted by atomic mass is 16.4. The zero-order valence-electron chi connectivity index (χ0n) is 8.25. The van der Waals surface area contributed by atoms with Crippen LogP contribution < -0.4 is 5.11 Å². The number of carboxylic acid groups (broad SMARTS) is 1. The third kappa shape index (κ3) is 6.34. The predicted molar refractivity (Wildman–Crippen MR) is 48.8 cm³/mol. The molecule has 13 heavy (non-hydrogen) atoms. The highest BCUT2D eigenvalue weighted by Gasteiger charge is 2.10.